The lowest BCUT2D eigenvalue weighted by atomic mass is 10.1. The smallest absolute Gasteiger partial charge is 0.119 e. The highest BCUT2D eigenvalue weighted by Crippen LogP contribution is 2.24. The first-order valence-corrected chi connectivity index (χ1v) is 46.2. The Labute approximate surface area is 915 Å². The number of benzene rings is 8. The van der Waals surface area contributed by atoms with E-state index in [9.17, 15) is 0 Å². The van der Waals surface area contributed by atoms with E-state index in [-0.39, 0.29) is 166 Å². The van der Waals surface area contributed by atoms with E-state index in [1.54, 1.807) is 0 Å². The first-order chi connectivity index (χ1) is 59.1. The van der Waals surface area contributed by atoms with Crippen LogP contribution in [0.15, 0.2) is 194 Å². The zero-order chi connectivity index (χ0) is 90.0. The maximum absolute atomic E-state index is 5.98. The van der Waals surface area contributed by atoms with Crippen LogP contribution in [0.1, 0.15) is 181 Å². The molecular formula is C113H178I6N8O6. The quantitative estimate of drug-likeness (QED) is 0.0187. The van der Waals surface area contributed by atoms with E-state index in [1.807, 2.05) is 0 Å². The second-order valence-electron chi connectivity index (χ2n) is 39.6. The average molecular weight is 2510 g/mol. The van der Waals surface area contributed by atoms with E-state index >= 15 is 0 Å². The summed E-state index contributed by atoms with van der Waals surface area (Å²) >= 11 is 0. The van der Waals surface area contributed by atoms with Crippen LogP contribution in [0.4, 0.5) is 0 Å². The van der Waals surface area contributed by atoms with E-state index in [2.05, 4.69) is 406 Å². The molecule has 0 amide bonds. The van der Waals surface area contributed by atoms with Crippen molar-refractivity contribution in [2.24, 2.45) is 0 Å². The highest BCUT2D eigenvalue weighted by molar-refractivity contribution is 5.75. The fourth-order valence-corrected chi connectivity index (χ4v) is 13.5. The number of hydrogen-bond acceptors (Lipinski definition) is 8. The van der Waals surface area contributed by atoms with Gasteiger partial charge in [0, 0.05) is 13.1 Å². The van der Waals surface area contributed by atoms with Crippen molar-refractivity contribution in [3.8, 4) is 34.5 Å². The molecule has 0 bridgehead atoms. The Hall–Kier alpha value is -4.68. The minimum Gasteiger partial charge on any atom is -1.00 e. The maximum Gasteiger partial charge on any atom is 0.119 e. The van der Waals surface area contributed by atoms with Crippen molar-refractivity contribution in [1.29, 1.82) is 0 Å². The molecule has 0 aromatic heterocycles. The molecule has 8 rings (SSSR count). The predicted octanol–water partition coefficient (Wildman–Crippen LogP) is 6.46. The van der Waals surface area contributed by atoms with Gasteiger partial charge in [-0.05, 0) is 259 Å². The molecule has 0 saturated carbocycles. The third-order valence-electron chi connectivity index (χ3n) is 21.6. The van der Waals surface area contributed by atoms with E-state index in [0.29, 0.717) is 0 Å². The lowest BCUT2D eigenvalue weighted by Gasteiger charge is -2.31. The van der Waals surface area contributed by atoms with Crippen molar-refractivity contribution in [3.63, 3.8) is 0 Å². The third kappa shape index (κ3) is 68.9. The number of ether oxygens (including phenoxy) is 6. The summed E-state index contributed by atoms with van der Waals surface area (Å²) < 4.78 is 41.9. The van der Waals surface area contributed by atoms with Gasteiger partial charge in [0.1, 0.15) is 34.5 Å². The normalized spacial score (nSPS) is 11.6. The Bertz CT molecular complexity index is 4030. The molecule has 0 unspecified atom stereocenters. The number of unbranched alkanes of at least 4 members (excludes halogenated alkanes) is 10. The van der Waals surface area contributed by atoms with E-state index < -0.39 is 0 Å². The number of hydrogen-bond donors (Lipinski definition) is 0. The monoisotopic (exact) mass is 2500 g/mol. The molecule has 748 valence electrons. The molecule has 0 aliphatic carbocycles. The minimum absolute atomic E-state index is 0. The van der Waals surface area contributed by atoms with Gasteiger partial charge < -0.3 is 209 Å². The Kier molecular flexibility index (Phi) is 75.2. The zero-order valence-electron chi connectivity index (χ0n) is 83.2. The van der Waals surface area contributed by atoms with Crippen LogP contribution in [-0.2, 0) is 0 Å². The van der Waals surface area contributed by atoms with Crippen molar-refractivity contribution < 1.29 is 199 Å². The van der Waals surface area contributed by atoms with Gasteiger partial charge in [-0.1, -0.05) is 204 Å². The van der Waals surface area contributed by atoms with Crippen molar-refractivity contribution in [1.82, 2.24) is 9.80 Å². The first kappa shape index (κ1) is 135. The summed E-state index contributed by atoms with van der Waals surface area (Å²) in [5.74, 6) is 5.65. The third-order valence-corrected chi connectivity index (χ3v) is 21.6. The molecule has 0 radical (unpaired) electrons. The molecule has 0 atom stereocenters. The number of likely N-dealkylation sites (N-methyl/N-ethyl adjacent to an activating group) is 4. The summed E-state index contributed by atoms with van der Waals surface area (Å²) in [6.45, 7) is 16.5. The fraction of sp³-hybridized carbons (Fsp3) is 0.487. The summed E-state index contributed by atoms with van der Waals surface area (Å²) in [7, 11) is 44.7. The van der Waals surface area contributed by atoms with Gasteiger partial charge >= 0.3 is 0 Å². The van der Waals surface area contributed by atoms with E-state index in [0.717, 1.165) is 164 Å². The van der Waals surface area contributed by atoms with E-state index in [1.165, 1.54) is 161 Å². The topological polar surface area (TPSA) is 61.9 Å². The number of rotatable bonds is 56. The number of nitrogens with zero attached hydrogens (tertiary/aromatic N) is 8. The molecule has 8 aromatic carbocycles. The lowest BCUT2D eigenvalue weighted by Crippen LogP contribution is -3.00. The average Bonchev–Trinajstić information content (AvgIpc) is 0.886. The SMILES string of the molecule is C.C.C.CN(C)CC[N+](C)(C)CCCCOc1ccc(/C=C/c2ccc(OCCCC[N+](C)(C)CCN(C)C)cc2)cc1.C[N+](C)(C)CCCCCCOc1ccc(/C=C/c2ccc(/C=C/c3ccc(OCCCCCC[N+](C)(C)C)cc3)cc2)cc1.C[N+](C)(C)CCCCOc1ccc(/C=C/c2ccc(/C=C/c3ccc(OCCCC[N+](C)(C)C)cc3)cc2)cc1.[I-].[I-].[I-].[I-].[I-].[I-]. The molecule has 0 heterocycles. The second kappa shape index (κ2) is 74.3. The van der Waals surface area contributed by atoms with Gasteiger partial charge in [-0.15, -0.1) is 0 Å². The Morgan fingerprint density at radius 1 is 0.180 bits per heavy atom. The van der Waals surface area contributed by atoms with Gasteiger partial charge in [0.2, 0.25) is 0 Å². The summed E-state index contributed by atoms with van der Waals surface area (Å²) in [4.78, 5) is 4.51. The van der Waals surface area contributed by atoms with Gasteiger partial charge in [0.25, 0.3) is 0 Å². The van der Waals surface area contributed by atoms with Gasteiger partial charge in [0.05, 0.1) is 205 Å². The van der Waals surface area contributed by atoms with Crippen molar-refractivity contribution in [2.75, 3.05) is 246 Å². The summed E-state index contributed by atoms with van der Waals surface area (Å²) in [6, 6.07) is 67.4. The van der Waals surface area contributed by atoms with Crippen LogP contribution in [0.2, 0.25) is 0 Å². The Morgan fingerprint density at radius 3 is 0.459 bits per heavy atom. The lowest BCUT2D eigenvalue weighted by molar-refractivity contribution is -0.890. The van der Waals surface area contributed by atoms with Crippen LogP contribution in [0, 0.1) is 0 Å². The molecule has 0 spiro atoms. The van der Waals surface area contributed by atoms with Crippen LogP contribution in [0.25, 0.3) is 60.8 Å². The van der Waals surface area contributed by atoms with Crippen LogP contribution < -0.4 is 172 Å². The van der Waals surface area contributed by atoms with E-state index in [4.69, 9.17) is 28.4 Å². The standard InChI is InChI=1S/C40H58N2O2.C36H50N2O2.C34H58N4O2.3CH4.6HI/c1-41(2,3)31-11-7-9-13-33-43-39-27-23-37(24-28-39)21-19-35-15-17-36(18-16-35)20-22-38-25-29-40(30-26-38)44-34-14-10-8-12-32-42(4,5)6;1-37(2,3)27-7-9-29-39-35-23-19-33(20-24-35)17-15-31-11-13-32(14-12-31)16-18-34-21-25-36(26-22-34)40-30-10-8-28-38(4,5)6;1-35(2)23-27-37(5,6)25-9-11-29-39-33-19-15-31(16-20-33)13-14-32-17-21-34(22-18-32)40-30-12-10-26-38(7,8)28-24-36(3)4;;;;;;;;;/h15-30H,7-14,31-34H2,1-6H3;11-26H,7-10,27-30H2,1-6H3;13-22H,9-12,23-30H2,1-8H3;3*1H4;6*1H/q3*+2;;;;;;;;;/p-6/b21-19+,22-20+;17-15+,18-16+;14-13+;;;;;;;;;. The molecule has 0 aliphatic rings. The molecule has 133 heavy (non-hydrogen) atoms. The Balaban J connectivity index is -0.000000909. The molecule has 0 aliphatic heterocycles. The molecule has 20 heteroatoms. The summed E-state index contributed by atoms with van der Waals surface area (Å²) in [5, 5.41) is 0. The minimum atomic E-state index is 0. The number of quaternary nitrogens is 6. The Morgan fingerprint density at radius 2 is 0.308 bits per heavy atom. The maximum atomic E-state index is 5.98. The summed E-state index contributed by atoms with van der Waals surface area (Å²) in [5.41, 5.74) is 11.7. The van der Waals surface area contributed by atoms with Crippen molar-refractivity contribution in [3.05, 3.63) is 250 Å². The van der Waals surface area contributed by atoms with Crippen molar-refractivity contribution in [2.45, 2.75) is 125 Å². The molecular weight excluding hydrogens is 2330 g/mol. The van der Waals surface area contributed by atoms with Gasteiger partial charge in [-0.25, -0.2) is 0 Å². The highest BCUT2D eigenvalue weighted by Gasteiger charge is 2.17. The molecule has 0 fully saturated rings. The molecule has 0 saturated heterocycles. The van der Waals surface area contributed by atoms with Gasteiger partial charge in [-0.3, -0.25) is 0 Å². The molecule has 0 N–H and O–H groups in total. The van der Waals surface area contributed by atoms with Crippen LogP contribution >= 0.6 is 0 Å². The van der Waals surface area contributed by atoms with Gasteiger partial charge in [0.15, 0.2) is 0 Å². The predicted molar refractivity (Wildman–Crippen MR) is 556 cm³/mol. The largest absolute Gasteiger partial charge is 1.00 e. The zero-order valence-corrected chi connectivity index (χ0v) is 96.1. The van der Waals surface area contributed by atoms with Gasteiger partial charge in [-0.2, -0.15) is 0 Å². The highest BCUT2D eigenvalue weighted by atomic mass is 127. The first-order valence-electron chi connectivity index (χ1n) is 46.2. The molecule has 8 aromatic rings. The fourth-order valence-electron chi connectivity index (χ4n) is 13.5. The van der Waals surface area contributed by atoms with Crippen molar-refractivity contribution >= 4 is 60.8 Å². The van der Waals surface area contributed by atoms with Crippen LogP contribution in [0.5, 0.6) is 34.5 Å². The van der Waals surface area contributed by atoms with Crippen LogP contribution in [0.3, 0.4) is 0 Å². The number of halogens is 6. The second-order valence-corrected chi connectivity index (χ2v) is 39.6. The summed E-state index contributed by atoms with van der Waals surface area (Å²) in [6.07, 6.45) is 40.4. The van der Waals surface area contributed by atoms with Crippen LogP contribution in [-0.4, -0.2) is 283 Å². The molecule has 14 nitrogen and oxygen atoms in total.